The fourth-order valence-corrected chi connectivity index (χ4v) is 8.82. The average molecular weight is 914 g/mol. The normalized spacial score (nSPS) is 15.7. The Hall–Kier alpha value is -5.42. The summed E-state index contributed by atoms with van der Waals surface area (Å²) < 4.78 is 36.0. The largest absolute Gasteiger partial charge is 0.487 e. The second-order valence-electron chi connectivity index (χ2n) is 17.0. The van der Waals surface area contributed by atoms with E-state index in [9.17, 15) is 32.4 Å². The van der Waals surface area contributed by atoms with Gasteiger partial charge in [-0.3, -0.25) is 29.0 Å². The lowest BCUT2D eigenvalue weighted by atomic mass is 9.94. The zero-order valence-electron chi connectivity index (χ0n) is 38.2. The lowest BCUT2D eigenvalue weighted by Gasteiger charge is -2.32. The maximum Gasteiger partial charge on any atom is 0.264 e. The quantitative estimate of drug-likeness (QED) is 0.0452. The van der Waals surface area contributed by atoms with Gasteiger partial charge in [0.05, 0.1) is 4.90 Å². The molecule has 0 saturated carbocycles. The van der Waals surface area contributed by atoms with Crippen LogP contribution in [0.15, 0.2) is 59.5 Å². The van der Waals surface area contributed by atoms with E-state index in [1.54, 1.807) is 72.0 Å². The van der Waals surface area contributed by atoms with Gasteiger partial charge < -0.3 is 36.6 Å². The molecule has 0 spiro atoms. The van der Waals surface area contributed by atoms with Crippen molar-refractivity contribution in [2.45, 2.75) is 129 Å². The van der Waals surface area contributed by atoms with Gasteiger partial charge in [0.1, 0.15) is 35.0 Å². The first-order valence-electron chi connectivity index (χ1n) is 20.9. The number of halogens is 1. The predicted octanol–water partition coefficient (Wildman–Crippen LogP) is 4.34. The van der Waals surface area contributed by atoms with Crippen molar-refractivity contribution in [2.75, 3.05) is 20.1 Å². The number of amides is 5. The maximum absolute atomic E-state index is 14.1. The van der Waals surface area contributed by atoms with Crippen molar-refractivity contribution in [1.29, 1.82) is 0 Å². The second kappa shape index (κ2) is 21.8. The zero-order valence-corrected chi connectivity index (χ0v) is 39.7. The molecule has 0 bridgehead atoms. The lowest BCUT2D eigenvalue weighted by Crippen LogP contribution is -2.61. The Labute approximate surface area is 377 Å². The Bertz CT molecular complexity index is 2210. The van der Waals surface area contributed by atoms with Crippen LogP contribution in [0, 0.1) is 26.7 Å². The molecule has 1 aliphatic rings. The molecular formula is C45H65ClN8O8S. The highest BCUT2D eigenvalue weighted by Crippen LogP contribution is 2.43. The van der Waals surface area contributed by atoms with Gasteiger partial charge in [-0.1, -0.05) is 56.7 Å². The first kappa shape index (κ1) is 51.9. The number of guanidine groups is 1. The highest BCUT2D eigenvalue weighted by molar-refractivity contribution is 7.90. The summed E-state index contributed by atoms with van der Waals surface area (Å²) >= 11 is 6.10. The zero-order chi connectivity index (χ0) is 47.6. The molecule has 5 amide bonds. The van der Waals surface area contributed by atoms with Crippen molar-refractivity contribution in [1.82, 2.24) is 30.9 Å². The minimum Gasteiger partial charge on any atom is -0.487 e. The molecule has 16 nitrogen and oxygen atoms in total. The number of carbonyl (C=O) groups excluding carboxylic acids is 5. The summed E-state index contributed by atoms with van der Waals surface area (Å²) in [6.07, 6.45) is 3.75. The van der Waals surface area contributed by atoms with E-state index in [4.69, 9.17) is 22.1 Å². The number of rotatable bonds is 21. The van der Waals surface area contributed by atoms with E-state index in [1.165, 1.54) is 17.9 Å². The van der Waals surface area contributed by atoms with Gasteiger partial charge in [-0.15, -0.1) is 13.2 Å². The number of hydrogen-bond acceptors (Lipinski definition) is 9. The molecule has 2 aromatic rings. The van der Waals surface area contributed by atoms with E-state index in [2.05, 4.69) is 44.1 Å². The summed E-state index contributed by atoms with van der Waals surface area (Å²) in [5.74, 6) is -3.07. The van der Waals surface area contributed by atoms with Crippen LogP contribution in [-0.2, 0) is 40.4 Å². The van der Waals surface area contributed by atoms with Crippen molar-refractivity contribution in [3.8, 4) is 5.75 Å². The number of likely N-dealkylation sites (N-methyl/N-ethyl adjacent to an activating group) is 1. The van der Waals surface area contributed by atoms with Gasteiger partial charge in [0.2, 0.25) is 35.5 Å². The van der Waals surface area contributed by atoms with Gasteiger partial charge in [0.15, 0.2) is 0 Å². The number of aliphatic imine (C=N–C) groups is 1. The number of fused-ring (bicyclic) bond motifs is 1. The number of benzene rings is 2. The van der Waals surface area contributed by atoms with Gasteiger partial charge in [-0.25, -0.2) is 13.1 Å². The second-order valence-corrected chi connectivity index (χ2v) is 19.1. The number of nitrogens with two attached hydrogens (primary N) is 1. The third-order valence-corrected chi connectivity index (χ3v) is 12.8. The van der Waals surface area contributed by atoms with Crippen molar-refractivity contribution < 1.29 is 37.1 Å². The molecule has 0 saturated heterocycles. The van der Waals surface area contributed by atoms with E-state index < -0.39 is 74.7 Å². The highest BCUT2D eigenvalue weighted by atomic mass is 35.5. The van der Waals surface area contributed by atoms with Gasteiger partial charge in [0.25, 0.3) is 10.0 Å². The van der Waals surface area contributed by atoms with Crippen molar-refractivity contribution >= 4 is 57.1 Å². The molecular weight excluding hydrogens is 848 g/mol. The first-order chi connectivity index (χ1) is 29.3. The first-order valence-corrected chi connectivity index (χ1v) is 22.8. The number of nitrogens with zero attached hydrogens (tertiary/aromatic N) is 2. The summed E-state index contributed by atoms with van der Waals surface area (Å²) in [5, 5.41) is 11.4. The monoisotopic (exact) mass is 912 g/mol. The molecule has 7 N–H and O–H groups in total. The van der Waals surface area contributed by atoms with Crippen LogP contribution < -0.4 is 36.5 Å². The van der Waals surface area contributed by atoms with Crippen LogP contribution in [0.1, 0.15) is 101 Å². The van der Waals surface area contributed by atoms with E-state index in [1.807, 2.05) is 20.8 Å². The Balaban J connectivity index is 1.88. The Morgan fingerprint density at radius 1 is 0.968 bits per heavy atom. The summed E-state index contributed by atoms with van der Waals surface area (Å²) in [6, 6.07) is 2.85. The third-order valence-electron chi connectivity index (χ3n) is 10.9. The standard InChI is InChI=1S/C45H65ClN8O8S/c1-13-22-45(11,52-38(55)26(4)5)42(59)50-34(40(57)49-33(15-3)39(56)51-35(41(58)54(12)24-14-2)30-18-20-31(46)21-19-30)17-16-23-48-43(47)53-63(60,61)37-28(7)27(6)36-32(29(37)8)25-44(9,10)62-36/h13-14,18-21,26,33-35H,1-2,15-17,22-25H2,3-12H3,(H,49,57)(H,50,59)(H,51,56)(H,52,55)(H3,47,48,53)/t33-,34-,35+,45+/m0/s1. The van der Waals surface area contributed by atoms with Crippen LogP contribution in [0.25, 0.3) is 0 Å². The minimum absolute atomic E-state index is 0.0283. The van der Waals surface area contributed by atoms with Crippen molar-refractivity contribution in [2.24, 2.45) is 16.6 Å². The molecule has 0 radical (unpaired) electrons. The maximum atomic E-state index is 14.1. The Morgan fingerprint density at radius 3 is 2.16 bits per heavy atom. The molecule has 0 aromatic heterocycles. The van der Waals surface area contributed by atoms with Gasteiger partial charge in [0, 0.05) is 43.1 Å². The summed E-state index contributed by atoms with van der Waals surface area (Å²) in [4.78, 5) is 73.9. The van der Waals surface area contributed by atoms with Crippen molar-refractivity contribution in [3.63, 3.8) is 0 Å². The van der Waals surface area contributed by atoms with Crippen molar-refractivity contribution in [3.05, 3.63) is 82.4 Å². The van der Waals surface area contributed by atoms with Crippen LogP contribution >= 0.6 is 11.6 Å². The van der Waals surface area contributed by atoms with Crippen LogP contribution in [0.2, 0.25) is 5.02 Å². The average Bonchev–Trinajstić information content (AvgIpc) is 3.54. The fourth-order valence-electron chi connectivity index (χ4n) is 7.17. The molecule has 0 unspecified atom stereocenters. The highest BCUT2D eigenvalue weighted by Gasteiger charge is 2.39. The molecule has 346 valence electrons. The summed E-state index contributed by atoms with van der Waals surface area (Å²) in [5.41, 5.74) is 7.20. The van der Waals surface area contributed by atoms with Gasteiger partial charge in [-0.2, -0.15) is 0 Å². The fraction of sp³-hybridized carbons (Fsp3) is 0.511. The number of ether oxygens (including phenoxy) is 1. The SMILES string of the molecule is C=CCN(C)C(=O)[C@H](NC(=O)[C@H](CC)NC(=O)[C@H](CCCN=C(N)NS(=O)(=O)c1c(C)c(C)c2c(c1C)CC(C)(C)O2)NC(=O)[C@@](C)(CC=C)NC(=O)C(C)C)c1ccc(Cl)cc1. The Kier molecular flexibility index (Phi) is 18.0. The minimum atomic E-state index is -4.19. The third kappa shape index (κ3) is 13.3. The molecule has 3 rings (SSSR count). The van der Waals surface area contributed by atoms with Gasteiger partial charge >= 0.3 is 0 Å². The number of hydrogen-bond donors (Lipinski definition) is 6. The molecule has 63 heavy (non-hydrogen) atoms. The number of sulfonamides is 1. The molecule has 4 atom stereocenters. The lowest BCUT2D eigenvalue weighted by molar-refractivity contribution is -0.138. The number of nitrogens with one attached hydrogen (secondary N) is 5. The van der Waals surface area contributed by atoms with Gasteiger partial charge in [-0.05, 0) is 102 Å². The van der Waals surface area contributed by atoms with Crippen LogP contribution in [0.4, 0.5) is 0 Å². The molecule has 0 aliphatic carbocycles. The smallest absolute Gasteiger partial charge is 0.264 e. The predicted molar refractivity (Wildman–Crippen MR) is 246 cm³/mol. The van der Waals surface area contributed by atoms with E-state index in [0.29, 0.717) is 39.4 Å². The molecule has 2 aromatic carbocycles. The van der Waals surface area contributed by atoms with E-state index >= 15 is 0 Å². The summed E-state index contributed by atoms with van der Waals surface area (Å²) in [6.45, 7) is 23.2. The summed E-state index contributed by atoms with van der Waals surface area (Å²) in [7, 11) is -2.62. The Morgan fingerprint density at radius 2 is 1.59 bits per heavy atom. The van der Waals surface area contributed by atoms with Crippen LogP contribution in [0.5, 0.6) is 5.75 Å². The molecule has 18 heteroatoms. The topological polar surface area (TPSA) is 230 Å². The molecule has 0 fully saturated rings. The molecule has 1 heterocycles. The van der Waals surface area contributed by atoms with Crippen LogP contribution in [-0.4, -0.2) is 92.2 Å². The number of carbonyl (C=O) groups is 5. The van der Waals surface area contributed by atoms with Crippen LogP contribution in [0.3, 0.4) is 0 Å². The molecule has 1 aliphatic heterocycles. The van der Waals surface area contributed by atoms with E-state index in [0.717, 1.165) is 5.56 Å². The van der Waals surface area contributed by atoms with E-state index in [-0.39, 0.29) is 49.6 Å².